The lowest BCUT2D eigenvalue weighted by Crippen LogP contribution is -2.12. The molecule has 0 aliphatic heterocycles. The highest BCUT2D eigenvalue weighted by molar-refractivity contribution is 9.10. The molecule has 0 unspecified atom stereocenters. The van der Waals surface area contributed by atoms with Gasteiger partial charge in [0.2, 0.25) is 0 Å². The first-order valence-corrected chi connectivity index (χ1v) is 9.98. The van der Waals surface area contributed by atoms with Crippen molar-refractivity contribution >= 4 is 49.6 Å². The lowest BCUT2D eigenvalue weighted by atomic mass is 10.2. The van der Waals surface area contributed by atoms with E-state index >= 15 is 0 Å². The number of benzene rings is 1. The van der Waals surface area contributed by atoms with E-state index < -0.39 is 0 Å². The van der Waals surface area contributed by atoms with Crippen LogP contribution in [0.3, 0.4) is 0 Å². The fourth-order valence-corrected chi connectivity index (χ4v) is 4.27. The SMILES string of the molecule is CCOc1cc(C(=O)Nc2nc(-c3cccs3)cs2)cc(Br)c1OC. The van der Waals surface area contributed by atoms with Gasteiger partial charge in [-0.25, -0.2) is 4.98 Å². The van der Waals surface area contributed by atoms with E-state index in [4.69, 9.17) is 9.47 Å². The molecule has 1 amide bonds. The number of aromatic nitrogens is 1. The fourth-order valence-electron chi connectivity index (χ4n) is 2.20. The van der Waals surface area contributed by atoms with Crippen molar-refractivity contribution in [1.29, 1.82) is 0 Å². The standard InChI is InChI=1S/C17H15BrN2O3S2/c1-3-23-13-8-10(7-11(18)15(13)22-2)16(21)20-17-19-12(9-25-17)14-5-4-6-24-14/h4-9H,3H2,1-2H3,(H,19,20,21). The van der Waals surface area contributed by atoms with Crippen LogP contribution in [0.1, 0.15) is 17.3 Å². The molecule has 2 heterocycles. The molecule has 0 fully saturated rings. The summed E-state index contributed by atoms with van der Waals surface area (Å²) in [6, 6.07) is 7.34. The van der Waals surface area contributed by atoms with Crippen molar-refractivity contribution < 1.29 is 14.3 Å². The van der Waals surface area contributed by atoms with Crippen LogP contribution in [-0.4, -0.2) is 24.6 Å². The maximum absolute atomic E-state index is 12.6. The summed E-state index contributed by atoms with van der Waals surface area (Å²) >= 11 is 6.42. The van der Waals surface area contributed by atoms with Crippen LogP contribution in [0.4, 0.5) is 5.13 Å². The smallest absolute Gasteiger partial charge is 0.257 e. The number of methoxy groups -OCH3 is 1. The van der Waals surface area contributed by atoms with Crippen molar-refractivity contribution in [2.24, 2.45) is 0 Å². The van der Waals surface area contributed by atoms with E-state index in [1.54, 1.807) is 30.6 Å². The third-order valence-corrected chi connectivity index (χ3v) is 5.51. The molecule has 0 atom stereocenters. The van der Waals surface area contributed by atoms with Gasteiger partial charge in [0.15, 0.2) is 16.6 Å². The Morgan fingerprint density at radius 1 is 1.36 bits per heavy atom. The maximum Gasteiger partial charge on any atom is 0.257 e. The summed E-state index contributed by atoms with van der Waals surface area (Å²) in [4.78, 5) is 18.1. The molecule has 0 radical (unpaired) electrons. The minimum Gasteiger partial charge on any atom is -0.492 e. The number of nitrogens with one attached hydrogen (secondary N) is 1. The number of hydrogen-bond acceptors (Lipinski definition) is 6. The first-order valence-electron chi connectivity index (χ1n) is 7.43. The molecule has 0 saturated heterocycles. The largest absolute Gasteiger partial charge is 0.492 e. The summed E-state index contributed by atoms with van der Waals surface area (Å²) in [7, 11) is 1.56. The molecule has 25 heavy (non-hydrogen) atoms. The van der Waals surface area contributed by atoms with Crippen LogP contribution < -0.4 is 14.8 Å². The number of amides is 1. The molecule has 0 aliphatic rings. The second-order valence-corrected chi connectivity index (χ2v) is 7.55. The predicted octanol–water partition coefficient (Wildman–Crippen LogP) is 5.29. The summed E-state index contributed by atoms with van der Waals surface area (Å²) in [5, 5.41) is 7.31. The van der Waals surface area contributed by atoms with Gasteiger partial charge >= 0.3 is 0 Å². The average molecular weight is 439 g/mol. The second-order valence-electron chi connectivity index (χ2n) is 4.89. The van der Waals surface area contributed by atoms with Gasteiger partial charge in [0.25, 0.3) is 5.91 Å². The van der Waals surface area contributed by atoms with Crippen molar-refractivity contribution in [1.82, 2.24) is 4.98 Å². The summed E-state index contributed by atoms with van der Waals surface area (Å²) < 4.78 is 11.5. The average Bonchev–Trinajstić information content (AvgIpc) is 3.26. The molecule has 1 aromatic carbocycles. The van der Waals surface area contributed by atoms with Crippen molar-refractivity contribution in [2.45, 2.75) is 6.92 Å². The highest BCUT2D eigenvalue weighted by atomic mass is 79.9. The summed E-state index contributed by atoms with van der Waals surface area (Å²) in [5.41, 5.74) is 1.32. The van der Waals surface area contributed by atoms with Crippen LogP contribution in [0.25, 0.3) is 10.6 Å². The Kier molecular flexibility index (Phi) is 5.72. The highest BCUT2D eigenvalue weighted by Crippen LogP contribution is 2.37. The number of ether oxygens (including phenoxy) is 2. The Balaban J connectivity index is 1.81. The van der Waals surface area contributed by atoms with Crippen LogP contribution in [0.2, 0.25) is 0 Å². The minimum absolute atomic E-state index is 0.253. The van der Waals surface area contributed by atoms with E-state index in [0.717, 1.165) is 10.6 Å². The lowest BCUT2D eigenvalue weighted by Gasteiger charge is -2.12. The van der Waals surface area contributed by atoms with E-state index in [0.29, 0.717) is 33.3 Å². The predicted molar refractivity (Wildman–Crippen MR) is 105 cm³/mol. The number of thiazole rings is 1. The zero-order valence-electron chi connectivity index (χ0n) is 13.5. The van der Waals surface area contributed by atoms with Gasteiger partial charge in [0.05, 0.1) is 28.8 Å². The number of hydrogen-bond donors (Lipinski definition) is 1. The molecule has 2 aromatic heterocycles. The summed E-state index contributed by atoms with van der Waals surface area (Å²) in [6.45, 7) is 2.35. The van der Waals surface area contributed by atoms with Crippen LogP contribution in [-0.2, 0) is 0 Å². The lowest BCUT2D eigenvalue weighted by molar-refractivity contribution is 0.102. The fraction of sp³-hybridized carbons (Fsp3) is 0.176. The normalized spacial score (nSPS) is 10.5. The van der Waals surface area contributed by atoms with Gasteiger partial charge in [-0.05, 0) is 46.4 Å². The quantitative estimate of drug-likeness (QED) is 0.567. The van der Waals surface area contributed by atoms with Gasteiger partial charge in [-0.3, -0.25) is 10.1 Å². The Morgan fingerprint density at radius 3 is 2.88 bits per heavy atom. The van der Waals surface area contributed by atoms with Gasteiger partial charge in [-0.15, -0.1) is 22.7 Å². The van der Waals surface area contributed by atoms with E-state index in [1.807, 2.05) is 29.8 Å². The zero-order valence-corrected chi connectivity index (χ0v) is 16.8. The van der Waals surface area contributed by atoms with Crippen molar-refractivity contribution in [3.63, 3.8) is 0 Å². The number of thiophene rings is 1. The zero-order chi connectivity index (χ0) is 17.8. The number of nitrogens with zero attached hydrogens (tertiary/aromatic N) is 1. The minimum atomic E-state index is -0.253. The molecule has 0 spiro atoms. The molecule has 5 nitrogen and oxygen atoms in total. The first kappa shape index (κ1) is 17.9. The molecule has 0 aliphatic carbocycles. The van der Waals surface area contributed by atoms with Crippen molar-refractivity contribution in [2.75, 3.05) is 19.0 Å². The Labute approximate surface area is 161 Å². The molecule has 1 N–H and O–H groups in total. The van der Waals surface area contributed by atoms with E-state index in [9.17, 15) is 4.79 Å². The summed E-state index contributed by atoms with van der Waals surface area (Å²) in [6.07, 6.45) is 0. The van der Waals surface area contributed by atoms with E-state index in [2.05, 4.69) is 26.2 Å². The number of halogens is 1. The van der Waals surface area contributed by atoms with Gasteiger partial charge in [0, 0.05) is 10.9 Å². The highest BCUT2D eigenvalue weighted by Gasteiger charge is 2.16. The van der Waals surface area contributed by atoms with Crippen LogP contribution in [0.5, 0.6) is 11.5 Å². The monoisotopic (exact) mass is 438 g/mol. The van der Waals surface area contributed by atoms with E-state index in [1.165, 1.54) is 11.3 Å². The Morgan fingerprint density at radius 2 is 2.20 bits per heavy atom. The number of carbonyl (C=O) groups is 1. The molecule has 130 valence electrons. The number of rotatable bonds is 6. The van der Waals surface area contributed by atoms with Gasteiger partial charge < -0.3 is 9.47 Å². The van der Waals surface area contributed by atoms with Crippen LogP contribution in [0, 0.1) is 0 Å². The molecule has 0 saturated carbocycles. The van der Waals surface area contributed by atoms with Gasteiger partial charge in [-0.2, -0.15) is 0 Å². The van der Waals surface area contributed by atoms with Crippen molar-refractivity contribution in [3.05, 3.63) is 45.1 Å². The number of anilines is 1. The van der Waals surface area contributed by atoms with Gasteiger partial charge in [-0.1, -0.05) is 6.07 Å². The van der Waals surface area contributed by atoms with Gasteiger partial charge in [0.1, 0.15) is 0 Å². The molecule has 3 aromatic rings. The summed E-state index contributed by atoms with van der Waals surface area (Å²) in [5.74, 6) is 0.826. The maximum atomic E-state index is 12.6. The second kappa shape index (κ2) is 7.99. The third kappa shape index (κ3) is 4.02. The van der Waals surface area contributed by atoms with Crippen molar-refractivity contribution in [3.8, 4) is 22.1 Å². The van der Waals surface area contributed by atoms with Crippen LogP contribution in [0.15, 0.2) is 39.5 Å². The molecule has 8 heteroatoms. The number of carbonyl (C=O) groups excluding carboxylic acids is 1. The topological polar surface area (TPSA) is 60.5 Å². The Bertz CT molecular complexity index is 878. The molecular formula is C17H15BrN2O3S2. The molecular weight excluding hydrogens is 424 g/mol. The first-order chi connectivity index (χ1) is 12.1. The molecule has 0 bridgehead atoms. The van der Waals surface area contributed by atoms with Crippen LogP contribution >= 0.6 is 38.6 Å². The Hall–Kier alpha value is -1.90. The third-order valence-electron chi connectivity index (χ3n) is 3.27. The molecule has 3 rings (SSSR count). The van der Waals surface area contributed by atoms with E-state index in [-0.39, 0.29) is 5.91 Å².